The Morgan fingerprint density at radius 1 is 1.13 bits per heavy atom. The lowest BCUT2D eigenvalue weighted by molar-refractivity contribution is 0.0950. The predicted octanol–water partition coefficient (Wildman–Crippen LogP) is 5.05. The number of benzene rings is 3. The van der Waals surface area contributed by atoms with E-state index in [0.29, 0.717) is 21.7 Å². The highest BCUT2D eigenvalue weighted by Gasteiger charge is 2.22. The van der Waals surface area contributed by atoms with Crippen LogP contribution in [0.15, 0.2) is 51.8 Å². The number of hydrogen-bond acceptors (Lipinski definition) is 4. The van der Waals surface area contributed by atoms with Gasteiger partial charge in [-0.25, -0.2) is 8.78 Å². The Kier molecular flexibility index (Phi) is 6.64. The first kappa shape index (κ1) is 22.1. The second-order valence-electron chi connectivity index (χ2n) is 6.23. The molecule has 3 aromatic carbocycles. The number of phenols is 1. The third-order valence-corrected chi connectivity index (χ3v) is 5.54. The summed E-state index contributed by atoms with van der Waals surface area (Å²) < 4.78 is 39.6. The van der Waals surface area contributed by atoms with E-state index in [1.807, 2.05) is 0 Å². The number of anilines is 1. The minimum absolute atomic E-state index is 0.00346. The van der Waals surface area contributed by atoms with Gasteiger partial charge < -0.3 is 16.2 Å². The molecule has 0 aliphatic carbocycles. The van der Waals surface area contributed by atoms with E-state index in [0.717, 1.165) is 0 Å². The van der Waals surface area contributed by atoms with Crippen LogP contribution in [-0.2, 0) is 22.4 Å². The number of halogens is 4. The highest BCUT2D eigenvalue weighted by molar-refractivity contribution is 9.10. The molecule has 5 nitrogen and oxygen atoms in total. The van der Waals surface area contributed by atoms with E-state index in [9.17, 15) is 22.9 Å². The van der Waals surface area contributed by atoms with Crippen LogP contribution in [-0.4, -0.2) is 11.0 Å². The van der Waals surface area contributed by atoms with Gasteiger partial charge >= 0.3 is 16.6 Å². The Bertz CT molecular complexity index is 1180. The average molecular weight is 515 g/mol. The van der Waals surface area contributed by atoms with Gasteiger partial charge in [0, 0.05) is 38.5 Å². The van der Waals surface area contributed by atoms with Gasteiger partial charge in [-0.3, -0.25) is 4.79 Å². The lowest BCUT2D eigenvalue weighted by Gasteiger charge is -2.13. The van der Waals surface area contributed by atoms with Crippen molar-refractivity contribution >= 4 is 50.8 Å². The molecular formula is C20H13BrClF2N2O3S+. The Labute approximate surface area is 187 Å². The van der Waals surface area contributed by atoms with E-state index in [-0.39, 0.29) is 44.9 Å². The number of rotatable bonds is 5. The van der Waals surface area contributed by atoms with Crippen molar-refractivity contribution in [1.29, 1.82) is 0 Å². The van der Waals surface area contributed by atoms with E-state index >= 15 is 0 Å². The van der Waals surface area contributed by atoms with Gasteiger partial charge in [0.05, 0.1) is 10.7 Å². The summed E-state index contributed by atoms with van der Waals surface area (Å²) in [7, 11) is 0. The first-order chi connectivity index (χ1) is 14.2. The second-order valence-corrected chi connectivity index (χ2v) is 8.16. The largest absolute Gasteiger partial charge is 0.509 e. The zero-order valence-corrected chi connectivity index (χ0v) is 18.2. The summed E-state index contributed by atoms with van der Waals surface area (Å²) >= 11 is 9.18. The standard InChI is InChI=1S/C20H12BrClF2N2O3S/c21-11-2-1-9(12(5-11)13-6-17(25)16(24)7-15(13)23)8-26-20(28)10-3-14(22)19(27)18(4-10)30-29/h1-7H,8,25H2,(H-,26,27,28,29)/p+1. The molecule has 154 valence electrons. The van der Waals surface area contributed by atoms with E-state index in [1.165, 1.54) is 18.2 Å². The van der Waals surface area contributed by atoms with E-state index < -0.39 is 23.3 Å². The van der Waals surface area contributed by atoms with Crippen LogP contribution in [0.4, 0.5) is 14.5 Å². The van der Waals surface area contributed by atoms with Gasteiger partial charge in [-0.05, 0) is 35.4 Å². The van der Waals surface area contributed by atoms with Gasteiger partial charge in [-0.1, -0.05) is 33.6 Å². The number of carbonyl (C=O) groups is 1. The number of hydrogen-bond donors (Lipinski definition) is 3. The van der Waals surface area contributed by atoms with Crippen molar-refractivity contribution in [2.45, 2.75) is 11.4 Å². The second kappa shape index (κ2) is 9.03. The highest BCUT2D eigenvalue weighted by Crippen LogP contribution is 2.32. The summed E-state index contributed by atoms with van der Waals surface area (Å²) in [5.41, 5.74) is 6.49. The Hall–Kier alpha value is -2.62. The Balaban J connectivity index is 1.92. The van der Waals surface area contributed by atoms with Crippen LogP contribution in [0.25, 0.3) is 11.1 Å². The van der Waals surface area contributed by atoms with Crippen LogP contribution in [0.1, 0.15) is 15.9 Å². The average Bonchev–Trinajstić information content (AvgIpc) is 2.71. The number of aromatic hydroxyl groups is 1. The Morgan fingerprint density at radius 3 is 2.57 bits per heavy atom. The summed E-state index contributed by atoms with van der Waals surface area (Å²) in [5.74, 6) is -2.61. The third-order valence-electron chi connectivity index (χ3n) is 4.27. The maximum absolute atomic E-state index is 14.4. The van der Waals surface area contributed by atoms with Gasteiger partial charge in [-0.15, -0.1) is 0 Å². The maximum Gasteiger partial charge on any atom is 0.509 e. The van der Waals surface area contributed by atoms with E-state index in [4.69, 9.17) is 17.3 Å². The fourth-order valence-electron chi connectivity index (χ4n) is 2.77. The molecule has 0 saturated carbocycles. The molecule has 3 rings (SSSR count). The van der Waals surface area contributed by atoms with Crippen LogP contribution < -0.4 is 11.1 Å². The minimum Gasteiger partial charge on any atom is -0.502 e. The molecule has 0 aromatic heterocycles. The third kappa shape index (κ3) is 4.58. The molecule has 3 aromatic rings. The van der Waals surface area contributed by atoms with Crippen LogP contribution >= 0.6 is 27.5 Å². The number of nitrogens with one attached hydrogen (secondary N) is 1. The van der Waals surface area contributed by atoms with Crippen LogP contribution in [0.2, 0.25) is 5.02 Å². The summed E-state index contributed by atoms with van der Waals surface area (Å²) in [6.07, 6.45) is 0. The van der Waals surface area contributed by atoms with Crippen molar-refractivity contribution in [3.63, 3.8) is 0 Å². The quantitative estimate of drug-likeness (QED) is 0.328. The zero-order valence-electron chi connectivity index (χ0n) is 15.0. The molecule has 0 saturated heterocycles. The molecular weight excluding hydrogens is 502 g/mol. The molecule has 0 atom stereocenters. The lowest BCUT2D eigenvalue weighted by Crippen LogP contribution is -2.23. The number of carbonyl (C=O) groups excluding carboxylic acids is 1. The van der Waals surface area contributed by atoms with Crippen LogP contribution in [0.5, 0.6) is 5.75 Å². The van der Waals surface area contributed by atoms with Gasteiger partial charge in [0.2, 0.25) is 5.75 Å². The molecule has 0 aliphatic heterocycles. The van der Waals surface area contributed by atoms with Crippen LogP contribution in [0.3, 0.4) is 0 Å². The van der Waals surface area contributed by atoms with Crippen molar-refractivity contribution in [3.05, 3.63) is 74.7 Å². The van der Waals surface area contributed by atoms with Crippen molar-refractivity contribution in [3.8, 4) is 16.9 Å². The number of amides is 1. The van der Waals surface area contributed by atoms with E-state index in [2.05, 4.69) is 21.2 Å². The molecule has 4 N–H and O–H groups in total. The van der Waals surface area contributed by atoms with Crippen LogP contribution in [0, 0.1) is 11.6 Å². The number of nitrogens with two attached hydrogens (primary N) is 1. The SMILES string of the molecule is Nc1cc(-c2cc(Br)ccc2CNC(=O)c2cc(Cl)c(O)c([S+]=O)c2)c(F)cc1F. The monoisotopic (exact) mass is 513 g/mol. The predicted molar refractivity (Wildman–Crippen MR) is 115 cm³/mol. The summed E-state index contributed by atoms with van der Waals surface area (Å²) in [5, 5.41) is 12.2. The molecule has 0 heterocycles. The number of phenolic OH excluding ortho intramolecular Hbond substituents is 1. The fourth-order valence-corrected chi connectivity index (χ4v) is 3.77. The van der Waals surface area contributed by atoms with E-state index in [1.54, 1.807) is 18.2 Å². The normalized spacial score (nSPS) is 10.7. The van der Waals surface area contributed by atoms with Gasteiger partial charge in [-0.2, -0.15) is 0 Å². The Morgan fingerprint density at radius 2 is 1.87 bits per heavy atom. The van der Waals surface area contributed by atoms with Crippen molar-refractivity contribution in [1.82, 2.24) is 5.32 Å². The molecule has 0 unspecified atom stereocenters. The molecule has 0 fully saturated rings. The topological polar surface area (TPSA) is 92.4 Å². The zero-order chi connectivity index (χ0) is 22.0. The van der Waals surface area contributed by atoms with Crippen molar-refractivity contribution in [2.75, 3.05) is 5.73 Å². The molecule has 1 amide bonds. The molecule has 0 bridgehead atoms. The molecule has 0 spiro atoms. The minimum atomic E-state index is -0.864. The first-order valence-electron chi connectivity index (χ1n) is 8.35. The molecule has 0 aliphatic rings. The summed E-state index contributed by atoms with van der Waals surface area (Å²) in [6, 6.07) is 9.34. The highest BCUT2D eigenvalue weighted by atomic mass is 79.9. The van der Waals surface area contributed by atoms with Gasteiger partial charge in [0.1, 0.15) is 11.6 Å². The smallest absolute Gasteiger partial charge is 0.502 e. The van der Waals surface area contributed by atoms with Crippen molar-refractivity contribution in [2.24, 2.45) is 0 Å². The molecule has 30 heavy (non-hydrogen) atoms. The lowest BCUT2D eigenvalue weighted by atomic mass is 9.98. The van der Waals surface area contributed by atoms with Gasteiger partial charge in [0.25, 0.3) is 5.91 Å². The number of nitrogen functional groups attached to an aromatic ring is 1. The molecule has 0 radical (unpaired) electrons. The summed E-state index contributed by atoms with van der Waals surface area (Å²) in [6.45, 7) is -0.00346. The van der Waals surface area contributed by atoms with Crippen molar-refractivity contribution < 1.29 is 22.9 Å². The molecule has 10 heteroatoms. The maximum atomic E-state index is 14.4. The van der Waals surface area contributed by atoms with Gasteiger partial charge in [0.15, 0.2) is 0 Å². The fraction of sp³-hybridized carbons (Fsp3) is 0.0500. The first-order valence-corrected chi connectivity index (χ1v) is 10.3. The summed E-state index contributed by atoms with van der Waals surface area (Å²) in [4.78, 5) is 12.4.